The lowest BCUT2D eigenvalue weighted by atomic mass is 10.2. The maximum Gasteiger partial charge on any atom is 0.425 e. The summed E-state index contributed by atoms with van der Waals surface area (Å²) >= 11 is 0.528. The number of thiophene rings is 1. The number of halogens is 3. The predicted octanol–water partition coefficient (Wildman–Crippen LogP) is 3.24. The van der Waals surface area contributed by atoms with Crippen LogP contribution in [0.3, 0.4) is 0 Å². The summed E-state index contributed by atoms with van der Waals surface area (Å²) in [5, 5.41) is 9.85. The second-order valence-corrected chi connectivity index (χ2v) is 4.47. The SMILES string of the molecule is OC(c1ccccn1)c1ccc(C(F)(F)F)s1. The zero-order valence-corrected chi connectivity index (χ0v) is 9.29. The van der Waals surface area contributed by atoms with Gasteiger partial charge < -0.3 is 5.11 Å². The van der Waals surface area contributed by atoms with E-state index in [4.69, 9.17) is 0 Å². The molecule has 2 nitrogen and oxygen atoms in total. The van der Waals surface area contributed by atoms with Crippen molar-refractivity contribution in [2.45, 2.75) is 12.3 Å². The van der Waals surface area contributed by atoms with Gasteiger partial charge >= 0.3 is 6.18 Å². The minimum absolute atomic E-state index is 0.232. The molecule has 0 saturated heterocycles. The molecule has 1 unspecified atom stereocenters. The van der Waals surface area contributed by atoms with Gasteiger partial charge in [-0.25, -0.2) is 0 Å². The van der Waals surface area contributed by atoms with Crippen molar-refractivity contribution in [2.24, 2.45) is 0 Å². The fraction of sp³-hybridized carbons (Fsp3) is 0.182. The summed E-state index contributed by atoms with van der Waals surface area (Å²) in [5.74, 6) is 0. The minimum atomic E-state index is -4.37. The number of aliphatic hydroxyl groups is 1. The number of hydrogen-bond donors (Lipinski definition) is 1. The summed E-state index contributed by atoms with van der Waals surface area (Å²) in [6.07, 6.45) is -4.00. The number of hydrogen-bond acceptors (Lipinski definition) is 3. The minimum Gasteiger partial charge on any atom is -0.381 e. The van der Waals surface area contributed by atoms with E-state index >= 15 is 0 Å². The van der Waals surface area contributed by atoms with Gasteiger partial charge in [0.25, 0.3) is 0 Å². The third-order valence-electron chi connectivity index (χ3n) is 2.14. The highest BCUT2D eigenvalue weighted by molar-refractivity contribution is 7.12. The van der Waals surface area contributed by atoms with Crippen LogP contribution in [-0.4, -0.2) is 10.1 Å². The monoisotopic (exact) mass is 259 g/mol. The van der Waals surface area contributed by atoms with E-state index in [-0.39, 0.29) is 4.88 Å². The molecule has 2 aromatic heterocycles. The Balaban J connectivity index is 2.27. The van der Waals surface area contributed by atoms with Crippen LogP contribution < -0.4 is 0 Å². The van der Waals surface area contributed by atoms with Gasteiger partial charge in [-0.1, -0.05) is 6.07 Å². The fourth-order valence-corrected chi connectivity index (χ4v) is 2.21. The van der Waals surface area contributed by atoms with Crippen molar-refractivity contribution in [3.63, 3.8) is 0 Å². The number of aromatic nitrogens is 1. The molecule has 0 radical (unpaired) electrons. The third kappa shape index (κ3) is 2.65. The molecule has 1 atom stereocenters. The van der Waals surface area contributed by atoms with Crippen LogP contribution in [0.1, 0.15) is 21.6 Å². The van der Waals surface area contributed by atoms with E-state index in [1.807, 2.05) is 0 Å². The van der Waals surface area contributed by atoms with Crippen molar-refractivity contribution in [2.75, 3.05) is 0 Å². The molecule has 17 heavy (non-hydrogen) atoms. The molecule has 0 saturated carbocycles. The Bertz CT molecular complexity index is 495. The topological polar surface area (TPSA) is 33.1 Å². The average Bonchev–Trinajstić information content (AvgIpc) is 2.78. The van der Waals surface area contributed by atoms with Crippen molar-refractivity contribution in [3.8, 4) is 0 Å². The molecule has 1 N–H and O–H groups in total. The molecule has 0 bridgehead atoms. The highest BCUT2D eigenvalue weighted by Crippen LogP contribution is 2.37. The molecule has 2 aromatic rings. The van der Waals surface area contributed by atoms with Crippen LogP contribution >= 0.6 is 11.3 Å². The first-order chi connectivity index (χ1) is 7.98. The largest absolute Gasteiger partial charge is 0.425 e. The Hall–Kier alpha value is -1.40. The van der Waals surface area contributed by atoms with E-state index in [1.165, 1.54) is 12.3 Å². The second-order valence-electron chi connectivity index (χ2n) is 3.36. The zero-order valence-electron chi connectivity index (χ0n) is 8.48. The maximum absolute atomic E-state index is 12.4. The molecule has 6 heteroatoms. The van der Waals surface area contributed by atoms with Gasteiger partial charge in [-0.05, 0) is 24.3 Å². The maximum atomic E-state index is 12.4. The summed E-state index contributed by atoms with van der Waals surface area (Å²) in [6, 6.07) is 7.15. The Labute approximate surface area is 99.4 Å². The molecule has 0 fully saturated rings. The first kappa shape index (κ1) is 12.1. The molecule has 2 heterocycles. The standard InChI is InChI=1S/C11H8F3NOS/c12-11(13,14)9-5-4-8(17-9)10(16)7-3-1-2-6-15-7/h1-6,10,16H. The second kappa shape index (κ2) is 4.46. The zero-order chi connectivity index (χ0) is 12.5. The van der Waals surface area contributed by atoms with E-state index < -0.39 is 17.2 Å². The van der Waals surface area contributed by atoms with Gasteiger partial charge in [0.1, 0.15) is 11.0 Å². The van der Waals surface area contributed by atoms with Gasteiger partial charge in [0.15, 0.2) is 0 Å². The van der Waals surface area contributed by atoms with Crippen molar-refractivity contribution >= 4 is 11.3 Å². The molecule has 0 aliphatic heterocycles. The number of nitrogens with zero attached hydrogens (tertiary/aromatic N) is 1. The smallest absolute Gasteiger partial charge is 0.381 e. The Morgan fingerprint density at radius 3 is 2.47 bits per heavy atom. The van der Waals surface area contributed by atoms with Crippen LogP contribution in [0.25, 0.3) is 0 Å². The Kier molecular flexibility index (Phi) is 3.17. The first-order valence-electron chi connectivity index (χ1n) is 4.74. The van der Waals surface area contributed by atoms with Crippen LogP contribution in [0, 0.1) is 0 Å². The van der Waals surface area contributed by atoms with Crippen LogP contribution in [0.2, 0.25) is 0 Å². The van der Waals surface area contributed by atoms with Crippen molar-refractivity contribution in [1.29, 1.82) is 0 Å². The van der Waals surface area contributed by atoms with Crippen molar-refractivity contribution in [3.05, 3.63) is 52.0 Å². The molecule has 2 rings (SSSR count). The Morgan fingerprint density at radius 2 is 1.94 bits per heavy atom. The lowest BCUT2D eigenvalue weighted by Gasteiger charge is -2.07. The Morgan fingerprint density at radius 1 is 1.18 bits per heavy atom. The highest BCUT2D eigenvalue weighted by Gasteiger charge is 2.33. The van der Waals surface area contributed by atoms with E-state index in [1.54, 1.807) is 18.2 Å². The molecule has 0 spiro atoms. The van der Waals surface area contributed by atoms with Crippen molar-refractivity contribution in [1.82, 2.24) is 4.98 Å². The number of alkyl halides is 3. The summed E-state index contributed by atoms with van der Waals surface area (Å²) in [7, 11) is 0. The molecular weight excluding hydrogens is 251 g/mol. The van der Waals surface area contributed by atoms with Gasteiger partial charge in [0.2, 0.25) is 0 Å². The van der Waals surface area contributed by atoms with Gasteiger partial charge in [0.05, 0.1) is 5.69 Å². The van der Waals surface area contributed by atoms with Crippen LogP contribution in [0.4, 0.5) is 13.2 Å². The lowest BCUT2D eigenvalue weighted by Crippen LogP contribution is -2.01. The van der Waals surface area contributed by atoms with E-state index in [2.05, 4.69) is 4.98 Å². The summed E-state index contributed by atoms with van der Waals surface area (Å²) in [5.41, 5.74) is 0.336. The third-order valence-corrected chi connectivity index (χ3v) is 3.33. The average molecular weight is 259 g/mol. The first-order valence-corrected chi connectivity index (χ1v) is 5.56. The summed E-state index contributed by atoms with van der Waals surface area (Å²) in [4.78, 5) is 3.41. The van der Waals surface area contributed by atoms with E-state index in [0.717, 1.165) is 6.07 Å². The fourth-order valence-electron chi connectivity index (χ4n) is 1.34. The van der Waals surface area contributed by atoms with Crippen LogP contribution in [0.15, 0.2) is 36.5 Å². The van der Waals surface area contributed by atoms with Crippen LogP contribution in [0.5, 0.6) is 0 Å². The molecule has 0 aliphatic rings. The molecule has 0 aromatic carbocycles. The van der Waals surface area contributed by atoms with E-state index in [9.17, 15) is 18.3 Å². The van der Waals surface area contributed by atoms with Crippen molar-refractivity contribution < 1.29 is 18.3 Å². The molecular formula is C11H8F3NOS. The predicted molar refractivity (Wildman–Crippen MR) is 57.6 cm³/mol. The van der Waals surface area contributed by atoms with Gasteiger partial charge in [-0.15, -0.1) is 11.3 Å². The lowest BCUT2D eigenvalue weighted by molar-refractivity contribution is -0.134. The van der Waals surface area contributed by atoms with Gasteiger partial charge in [-0.2, -0.15) is 13.2 Å². The summed E-state index contributed by atoms with van der Waals surface area (Å²) in [6.45, 7) is 0. The molecule has 90 valence electrons. The van der Waals surface area contributed by atoms with E-state index in [0.29, 0.717) is 17.0 Å². The number of rotatable bonds is 2. The molecule has 0 amide bonds. The highest BCUT2D eigenvalue weighted by atomic mass is 32.1. The van der Waals surface area contributed by atoms with Gasteiger partial charge in [-0.3, -0.25) is 4.98 Å². The number of pyridine rings is 1. The van der Waals surface area contributed by atoms with Crippen LogP contribution in [-0.2, 0) is 6.18 Å². The quantitative estimate of drug-likeness (QED) is 0.898. The number of aliphatic hydroxyl groups excluding tert-OH is 1. The normalized spacial score (nSPS) is 13.6. The van der Waals surface area contributed by atoms with Gasteiger partial charge in [0, 0.05) is 11.1 Å². The molecule has 0 aliphatic carbocycles. The summed E-state index contributed by atoms with van der Waals surface area (Å²) < 4.78 is 37.1.